The molecule has 2 N–H and O–H groups in total. The van der Waals surface area contributed by atoms with Crippen molar-refractivity contribution in [2.75, 3.05) is 27.2 Å². The summed E-state index contributed by atoms with van der Waals surface area (Å²) in [6, 6.07) is 7.69. The first-order valence-corrected chi connectivity index (χ1v) is 8.80. The number of carbonyl (C=O) groups excluding carboxylic acids is 1. The van der Waals surface area contributed by atoms with Crippen LogP contribution in [0, 0.1) is 11.8 Å². The average molecular weight is 458 g/mol. The van der Waals surface area contributed by atoms with Crippen molar-refractivity contribution >= 4 is 35.8 Å². The third-order valence-electron chi connectivity index (χ3n) is 4.47. The molecule has 0 aliphatic carbocycles. The molecular formula is C19H31IN4O. The summed E-state index contributed by atoms with van der Waals surface area (Å²) in [6.07, 6.45) is 2.52. The van der Waals surface area contributed by atoms with Gasteiger partial charge in [0.1, 0.15) is 0 Å². The lowest BCUT2D eigenvalue weighted by atomic mass is 9.97. The van der Waals surface area contributed by atoms with Gasteiger partial charge in [0.15, 0.2) is 5.96 Å². The van der Waals surface area contributed by atoms with Gasteiger partial charge in [0.2, 0.25) is 0 Å². The second-order valence-electron chi connectivity index (χ2n) is 6.91. The van der Waals surface area contributed by atoms with E-state index in [1.165, 1.54) is 12.8 Å². The fraction of sp³-hybridized carbons (Fsp3) is 0.579. The van der Waals surface area contributed by atoms with E-state index in [2.05, 4.69) is 34.4 Å². The number of halogens is 1. The van der Waals surface area contributed by atoms with Crippen molar-refractivity contribution in [3.8, 4) is 0 Å². The molecule has 2 rings (SSSR count). The van der Waals surface area contributed by atoms with E-state index >= 15 is 0 Å². The molecule has 25 heavy (non-hydrogen) atoms. The highest BCUT2D eigenvalue weighted by molar-refractivity contribution is 14.0. The lowest BCUT2D eigenvalue weighted by Gasteiger charge is -2.22. The zero-order valence-corrected chi connectivity index (χ0v) is 18.0. The maximum absolute atomic E-state index is 11.7. The van der Waals surface area contributed by atoms with Crippen molar-refractivity contribution in [1.82, 2.24) is 15.5 Å². The summed E-state index contributed by atoms with van der Waals surface area (Å²) in [4.78, 5) is 18.5. The molecule has 0 radical (unpaired) electrons. The number of rotatable bonds is 5. The Bertz CT molecular complexity index is 589. The molecule has 6 heteroatoms. The Labute approximate surface area is 168 Å². The lowest BCUT2D eigenvalue weighted by Crippen LogP contribution is -2.39. The SMILES string of the molecule is CN=C(NCc1cccc(C(=O)NC)c1)N1CCC(CC(C)C)C1.I. The predicted octanol–water partition coefficient (Wildman–Crippen LogP) is 3.11. The molecule has 1 aromatic carbocycles. The molecule has 1 aliphatic heterocycles. The van der Waals surface area contributed by atoms with Crippen molar-refractivity contribution in [2.24, 2.45) is 16.8 Å². The van der Waals surface area contributed by atoms with E-state index in [9.17, 15) is 4.79 Å². The van der Waals surface area contributed by atoms with Gasteiger partial charge in [-0.25, -0.2) is 0 Å². The largest absolute Gasteiger partial charge is 0.355 e. The summed E-state index contributed by atoms with van der Waals surface area (Å²) >= 11 is 0. The third-order valence-corrected chi connectivity index (χ3v) is 4.47. The van der Waals surface area contributed by atoms with E-state index < -0.39 is 0 Å². The molecule has 1 atom stereocenters. The molecule has 5 nitrogen and oxygen atoms in total. The average Bonchev–Trinajstić information content (AvgIpc) is 3.02. The van der Waals surface area contributed by atoms with Crippen molar-refractivity contribution in [3.05, 3.63) is 35.4 Å². The second-order valence-corrected chi connectivity index (χ2v) is 6.91. The Kier molecular flexibility index (Phi) is 9.24. The quantitative estimate of drug-likeness (QED) is 0.405. The summed E-state index contributed by atoms with van der Waals surface area (Å²) < 4.78 is 0. The standard InChI is InChI=1S/C19H30N4O.HI/c1-14(2)10-16-8-9-23(13-16)19(21-4)22-12-15-6-5-7-17(11-15)18(24)20-3;/h5-7,11,14,16H,8-10,12-13H2,1-4H3,(H,20,24)(H,21,22);1H. The molecular weight excluding hydrogens is 427 g/mol. The van der Waals surface area contributed by atoms with Gasteiger partial charge in [0, 0.05) is 39.3 Å². The first-order valence-electron chi connectivity index (χ1n) is 8.80. The monoisotopic (exact) mass is 458 g/mol. The summed E-state index contributed by atoms with van der Waals surface area (Å²) in [5, 5.41) is 6.09. The second kappa shape index (κ2) is 10.6. The van der Waals surface area contributed by atoms with Crippen LogP contribution >= 0.6 is 24.0 Å². The van der Waals surface area contributed by atoms with Crippen LogP contribution in [0.4, 0.5) is 0 Å². The number of guanidine groups is 1. The normalized spacial score (nSPS) is 17.4. The minimum Gasteiger partial charge on any atom is -0.355 e. The highest BCUT2D eigenvalue weighted by atomic mass is 127. The van der Waals surface area contributed by atoms with Crippen LogP contribution in [0.2, 0.25) is 0 Å². The number of benzene rings is 1. The van der Waals surface area contributed by atoms with E-state index in [-0.39, 0.29) is 29.9 Å². The summed E-state index contributed by atoms with van der Waals surface area (Å²) in [6.45, 7) is 7.39. The van der Waals surface area contributed by atoms with Crippen LogP contribution in [0.1, 0.15) is 42.6 Å². The number of likely N-dealkylation sites (tertiary alicyclic amines) is 1. The van der Waals surface area contributed by atoms with Crippen LogP contribution in [0.5, 0.6) is 0 Å². The topological polar surface area (TPSA) is 56.7 Å². The van der Waals surface area contributed by atoms with Gasteiger partial charge >= 0.3 is 0 Å². The molecule has 0 bridgehead atoms. The molecule has 1 aromatic rings. The predicted molar refractivity (Wildman–Crippen MR) is 115 cm³/mol. The third kappa shape index (κ3) is 6.49. The van der Waals surface area contributed by atoms with Gasteiger partial charge in [0.05, 0.1) is 0 Å². The Morgan fingerprint density at radius 1 is 1.40 bits per heavy atom. The number of nitrogens with one attached hydrogen (secondary N) is 2. The molecule has 1 amide bonds. The van der Waals surface area contributed by atoms with E-state index in [4.69, 9.17) is 0 Å². The molecule has 1 unspecified atom stereocenters. The molecule has 1 fully saturated rings. The van der Waals surface area contributed by atoms with Crippen LogP contribution in [-0.4, -0.2) is 44.0 Å². The van der Waals surface area contributed by atoms with E-state index in [1.807, 2.05) is 31.3 Å². The molecule has 1 heterocycles. The Morgan fingerprint density at radius 3 is 2.80 bits per heavy atom. The fourth-order valence-electron chi connectivity index (χ4n) is 3.36. The van der Waals surface area contributed by atoms with Gasteiger partial charge < -0.3 is 15.5 Å². The Hall–Kier alpha value is -1.31. The Morgan fingerprint density at radius 2 is 2.16 bits per heavy atom. The summed E-state index contributed by atoms with van der Waals surface area (Å²) in [7, 11) is 3.48. The number of carbonyl (C=O) groups is 1. The van der Waals surface area contributed by atoms with E-state index in [1.54, 1.807) is 7.05 Å². The number of nitrogens with zero attached hydrogens (tertiary/aromatic N) is 2. The van der Waals surface area contributed by atoms with Crippen molar-refractivity contribution in [3.63, 3.8) is 0 Å². The summed E-state index contributed by atoms with van der Waals surface area (Å²) in [5.41, 5.74) is 1.76. The Balaban J connectivity index is 0.00000312. The minimum absolute atomic E-state index is 0. The van der Waals surface area contributed by atoms with Gasteiger partial charge in [-0.15, -0.1) is 24.0 Å². The number of hydrogen-bond acceptors (Lipinski definition) is 2. The molecule has 0 aromatic heterocycles. The highest BCUT2D eigenvalue weighted by Crippen LogP contribution is 2.23. The summed E-state index contributed by atoms with van der Waals surface area (Å²) in [5.74, 6) is 2.40. The van der Waals surface area contributed by atoms with Crippen LogP contribution < -0.4 is 10.6 Å². The van der Waals surface area contributed by atoms with Gasteiger partial charge in [-0.2, -0.15) is 0 Å². The lowest BCUT2D eigenvalue weighted by molar-refractivity contribution is 0.0963. The van der Waals surface area contributed by atoms with Crippen LogP contribution in [0.15, 0.2) is 29.3 Å². The zero-order valence-electron chi connectivity index (χ0n) is 15.7. The van der Waals surface area contributed by atoms with Crippen LogP contribution in [0.3, 0.4) is 0 Å². The smallest absolute Gasteiger partial charge is 0.251 e. The fourth-order valence-corrected chi connectivity index (χ4v) is 3.36. The molecule has 0 saturated carbocycles. The van der Waals surface area contributed by atoms with Crippen molar-refractivity contribution in [2.45, 2.75) is 33.2 Å². The van der Waals surface area contributed by atoms with Gasteiger partial charge in [-0.1, -0.05) is 26.0 Å². The van der Waals surface area contributed by atoms with Gasteiger partial charge in [-0.3, -0.25) is 9.79 Å². The molecule has 1 aliphatic rings. The first kappa shape index (κ1) is 21.7. The van der Waals surface area contributed by atoms with E-state index in [0.717, 1.165) is 36.4 Å². The highest BCUT2D eigenvalue weighted by Gasteiger charge is 2.25. The minimum atomic E-state index is -0.0581. The maximum atomic E-state index is 11.7. The molecule has 0 spiro atoms. The van der Waals surface area contributed by atoms with Crippen molar-refractivity contribution in [1.29, 1.82) is 0 Å². The molecule has 1 saturated heterocycles. The number of amides is 1. The zero-order chi connectivity index (χ0) is 17.5. The van der Waals surface area contributed by atoms with Crippen LogP contribution in [-0.2, 0) is 6.54 Å². The first-order chi connectivity index (χ1) is 11.5. The van der Waals surface area contributed by atoms with Crippen LogP contribution in [0.25, 0.3) is 0 Å². The maximum Gasteiger partial charge on any atom is 0.251 e. The van der Waals surface area contributed by atoms with Gasteiger partial charge in [-0.05, 0) is 42.4 Å². The van der Waals surface area contributed by atoms with E-state index in [0.29, 0.717) is 12.1 Å². The number of hydrogen-bond donors (Lipinski definition) is 2. The van der Waals surface area contributed by atoms with Crippen molar-refractivity contribution < 1.29 is 4.79 Å². The van der Waals surface area contributed by atoms with Gasteiger partial charge in [0.25, 0.3) is 5.91 Å². The molecule has 140 valence electrons. The number of aliphatic imine (C=N–C) groups is 1.